The lowest BCUT2D eigenvalue weighted by molar-refractivity contribution is 0.102. The monoisotopic (exact) mass is 442 g/mol. The van der Waals surface area contributed by atoms with E-state index < -0.39 is 10.0 Å². The summed E-state index contributed by atoms with van der Waals surface area (Å²) in [5.74, 6) is -0.410. The number of carbonyl (C=O) groups excluding carboxylic acids is 1. The minimum atomic E-state index is -3.86. The highest BCUT2D eigenvalue weighted by atomic mass is 35.5. The molecule has 152 valence electrons. The number of nitrogens with zero attached hydrogens (tertiary/aromatic N) is 4. The van der Waals surface area contributed by atoms with Gasteiger partial charge in [0.25, 0.3) is 15.9 Å². The molecule has 3 aromatic heterocycles. The molecule has 1 amide bonds. The standard InChI is InChI=1S/C19H15ClN6O3S/c1-12-17(26-10-7-13(20)11-16(26)23-12)18(27)24-14-3-5-15(6-4-14)30(28,29)25-19-21-8-2-9-22-19/h2-11H,1H3,(H,24,27)(H,21,22,25). The van der Waals surface area contributed by atoms with Crippen LogP contribution >= 0.6 is 11.6 Å². The Morgan fingerprint density at radius 3 is 2.50 bits per heavy atom. The molecule has 9 nitrogen and oxygen atoms in total. The number of carbonyl (C=O) groups is 1. The number of sulfonamides is 1. The predicted molar refractivity (Wildman–Crippen MR) is 112 cm³/mol. The lowest BCUT2D eigenvalue weighted by Gasteiger charge is -2.09. The molecule has 4 rings (SSSR count). The average molecular weight is 443 g/mol. The maximum absolute atomic E-state index is 12.8. The maximum atomic E-state index is 12.8. The lowest BCUT2D eigenvalue weighted by atomic mass is 10.3. The molecule has 0 fully saturated rings. The minimum Gasteiger partial charge on any atom is -0.321 e. The summed E-state index contributed by atoms with van der Waals surface area (Å²) in [5.41, 5.74) is 1.89. The Morgan fingerprint density at radius 2 is 1.80 bits per heavy atom. The number of benzene rings is 1. The maximum Gasteiger partial charge on any atom is 0.274 e. The van der Waals surface area contributed by atoms with E-state index in [1.807, 2.05) is 0 Å². The van der Waals surface area contributed by atoms with Gasteiger partial charge in [0, 0.05) is 35.4 Å². The number of amides is 1. The summed E-state index contributed by atoms with van der Waals surface area (Å²) >= 11 is 5.98. The van der Waals surface area contributed by atoms with Crippen molar-refractivity contribution in [2.45, 2.75) is 11.8 Å². The van der Waals surface area contributed by atoms with E-state index in [0.29, 0.717) is 27.7 Å². The van der Waals surface area contributed by atoms with Crippen molar-refractivity contribution in [2.24, 2.45) is 0 Å². The molecule has 0 atom stereocenters. The Labute approximate surface area is 176 Å². The molecule has 0 saturated heterocycles. The predicted octanol–water partition coefficient (Wildman–Crippen LogP) is 3.14. The highest BCUT2D eigenvalue weighted by Gasteiger charge is 2.18. The van der Waals surface area contributed by atoms with E-state index in [1.54, 1.807) is 35.7 Å². The molecular formula is C19H15ClN6O3S. The number of hydrogen-bond acceptors (Lipinski definition) is 6. The minimum absolute atomic E-state index is 0.00794. The Morgan fingerprint density at radius 1 is 1.10 bits per heavy atom. The SMILES string of the molecule is Cc1nc2cc(Cl)ccn2c1C(=O)Nc1ccc(S(=O)(=O)Nc2ncccn2)cc1. The fraction of sp³-hybridized carbons (Fsp3) is 0.0526. The molecule has 0 bridgehead atoms. The van der Waals surface area contributed by atoms with E-state index in [4.69, 9.17) is 11.6 Å². The average Bonchev–Trinajstić information content (AvgIpc) is 3.03. The van der Waals surface area contributed by atoms with E-state index in [0.717, 1.165) is 0 Å². The molecule has 0 aliphatic heterocycles. The van der Waals surface area contributed by atoms with Crippen LogP contribution < -0.4 is 10.0 Å². The van der Waals surface area contributed by atoms with Gasteiger partial charge in [0.05, 0.1) is 10.6 Å². The summed E-state index contributed by atoms with van der Waals surface area (Å²) in [6.45, 7) is 1.73. The van der Waals surface area contributed by atoms with E-state index in [1.165, 1.54) is 36.7 Å². The Hall–Kier alpha value is -3.50. The van der Waals surface area contributed by atoms with Gasteiger partial charge < -0.3 is 5.32 Å². The number of rotatable bonds is 5. The smallest absolute Gasteiger partial charge is 0.274 e. The molecule has 0 spiro atoms. The Kier molecular flexibility index (Phi) is 5.10. The first-order valence-corrected chi connectivity index (χ1v) is 10.5. The summed E-state index contributed by atoms with van der Waals surface area (Å²) in [7, 11) is -3.86. The molecule has 0 unspecified atom stereocenters. The zero-order valence-electron chi connectivity index (χ0n) is 15.6. The van der Waals surface area contributed by atoms with Crippen molar-refractivity contribution < 1.29 is 13.2 Å². The van der Waals surface area contributed by atoms with Gasteiger partial charge >= 0.3 is 0 Å². The van der Waals surface area contributed by atoms with Crippen molar-refractivity contribution in [1.82, 2.24) is 19.4 Å². The molecule has 3 heterocycles. The topological polar surface area (TPSA) is 118 Å². The fourth-order valence-corrected chi connectivity index (χ4v) is 3.96. The molecule has 0 radical (unpaired) electrons. The normalized spacial score (nSPS) is 11.4. The van der Waals surface area contributed by atoms with Gasteiger partial charge in [-0.15, -0.1) is 0 Å². The number of hydrogen-bond donors (Lipinski definition) is 2. The van der Waals surface area contributed by atoms with Crippen LogP contribution in [-0.4, -0.2) is 33.7 Å². The van der Waals surface area contributed by atoms with E-state index in [-0.39, 0.29) is 16.8 Å². The third kappa shape index (κ3) is 3.95. The van der Waals surface area contributed by atoms with Crippen LogP contribution in [0.4, 0.5) is 11.6 Å². The molecule has 2 N–H and O–H groups in total. The lowest BCUT2D eigenvalue weighted by Crippen LogP contribution is -2.16. The number of fused-ring (bicyclic) bond motifs is 1. The first-order chi connectivity index (χ1) is 14.3. The Bertz CT molecular complexity index is 1340. The van der Waals surface area contributed by atoms with Crippen LogP contribution in [0.25, 0.3) is 5.65 Å². The third-order valence-corrected chi connectivity index (χ3v) is 5.77. The van der Waals surface area contributed by atoms with E-state index >= 15 is 0 Å². The second-order valence-corrected chi connectivity index (χ2v) is 8.39. The quantitative estimate of drug-likeness (QED) is 0.490. The van der Waals surface area contributed by atoms with Crippen LogP contribution in [-0.2, 0) is 10.0 Å². The number of nitrogens with one attached hydrogen (secondary N) is 2. The largest absolute Gasteiger partial charge is 0.321 e. The molecule has 0 aliphatic carbocycles. The zero-order chi connectivity index (χ0) is 21.3. The third-order valence-electron chi connectivity index (χ3n) is 4.19. The fourth-order valence-electron chi connectivity index (χ4n) is 2.85. The van der Waals surface area contributed by atoms with Crippen LogP contribution in [0.5, 0.6) is 0 Å². The molecule has 0 aliphatic rings. The highest BCUT2D eigenvalue weighted by Crippen LogP contribution is 2.20. The van der Waals surface area contributed by atoms with E-state index in [2.05, 4.69) is 25.0 Å². The van der Waals surface area contributed by atoms with Gasteiger partial charge in [0.15, 0.2) is 0 Å². The van der Waals surface area contributed by atoms with Crippen molar-refractivity contribution >= 4 is 44.8 Å². The number of anilines is 2. The van der Waals surface area contributed by atoms with Crippen LogP contribution in [0, 0.1) is 6.92 Å². The molecule has 30 heavy (non-hydrogen) atoms. The molecule has 11 heteroatoms. The summed E-state index contributed by atoms with van der Waals surface area (Å²) in [5, 5.41) is 3.27. The first-order valence-electron chi connectivity index (χ1n) is 8.69. The summed E-state index contributed by atoms with van der Waals surface area (Å²) in [6, 6.07) is 10.6. The van der Waals surface area contributed by atoms with Crippen molar-refractivity contribution in [2.75, 3.05) is 10.0 Å². The van der Waals surface area contributed by atoms with Gasteiger partial charge in [-0.2, -0.15) is 0 Å². The number of aryl methyl sites for hydroxylation is 1. The van der Waals surface area contributed by atoms with Gasteiger partial charge in [-0.25, -0.2) is 28.1 Å². The molecule has 4 aromatic rings. The number of aromatic nitrogens is 4. The van der Waals surface area contributed by atoms with E-state index in [9.17, 15) is 13.2 Å². The van der Waals surface area contributed by atoms with Crippen LogP contribution in [0.15, 0.2) is 66.0 Å². The Balaban J connectivity index is 1.54. The summed E-state index contributed by atoms with van der Waals surface area (Å²) < 4.78 is 28.8. The summed E-state index contributed by atoms with van der Waals surface area (Å²) in [6.07, 6.45) is 4.53. The molecular weight excluding hydrogens is 428 g/mol. The van der Waals surface area contributed by atoms with Gasteiger partial charge in [-0.05, 0) is 43.3 Å². The van der Waals surface area contributed by atoms with Crippen molar-refractivity contribution in [3.05, 3.63) is 77.5 Å². The van der Waals surface area contributed by atoms with Gasteiger partial charge in [-0.3, -0.25) is 9.20 Å². The van der Waals surface area contributed by atoms with Gasteiger partial charge in [-0.1, -0.05) is 11.6 Å². The van der Waals surface area contributed by atoms with Gasteiger partial charge in [0.2, 0.25) is 5.95 Å². The number of imidazole rings is 1. The first kappa shape index (κ1) is 19.8. The van der Waals surface area contributed by atoms with Crippen LogP contribution in [0.2, 0.25) is 5.02 Å². The zero-order valence-corrected chi connectivity index (χ0v) is 17.1. The van der Waals surface area contributed by atoms with Crippen molar-refractivity contribution in [3.63, 3.8) is 0 Å². The van der Waals surface area contributed by atoms with Crippen LogP contribution in [0.3, 0.4) is 0 Å². The second-order valence-electron chi connectivity index (χ2n) is 6.28. The second kappa shape index (κ2) is 7.73. The van der Waals surface area contributed by atoms with Crippen LogP contribution in [0.1, 0.15) is 16.2 Å². The number of halogens is 1. The molecule has 1 aromatic carbocycles. The summed E-state index contributed by atoms with van der Waals surface area (Å²) in [4.78, 5) is 24.8. The van der Waals surface area contributed by atoms with Crippen molar-refractivity contribution in [3.8, 4) is 0 Å². The highest BCUT2D eigenvalue weighted by molar-refractivity contribution is 7.92. The number of pyridine rings is 1. The van der Waals surface area contributed by atoms with Gasteiger partial charge in [0.1, 0.15) is 11.3 Å². The van der Waals surface area contributed by atoms with Crippen molar-refractivity contribution in [1.29, 1.82) is 0 Å². The molecule has 0 saturated carbocycles.